The summed E-state index contributed by atoms with van der Waals surface area (Å²) in [5.41, 5.74) is 5.45. The number of ether oxygens (including phenoxy) is 3. The van der Waals surface area contributed by atoms with Crippen molar-refractivity contribution in [1.29, 1.82) is 0 Å². The second-order valence-corrected chi connectivity index (χ2v) is 9.13. The lowest BCUT2D eigenvalue weighted by molar-refractivity contribution is -0.127. The Hall–Kier alpha value is -4.33. The Morgan fingerprint density at radius 3 is 2.26 bits per heavy atom. The quantitative estimate of drug-likeness (QED) is 0.105. The van der Waals surface area contributed by atoms with Gasteiger partial charge < -0.3 is 14.2 Å². The van der Waals surface area contributed by atoms with Crippen LogP contribution in [0.2, 0.25) is 10.0 Å². The number of esters is 1. The molecule has 0 fully saturated rings. The van der Waals surface area contributed by atoms with Crippen molar-refractivity contribution in [2.24, 2.45) is 5.10 Å². The van der Waals surface area contributed by atoms with Crippen molar-refractivity contribution in [3.63, 3.8) is 0 Å². The molecule has 4 rings (SSSR count). The van der Waals surface area contributed by atoms with E-state index in [0.717, 1.165) is 11.1 Å². The summed E-state index contributed by atoms with van der Waals surface area (Å²) in [5.74, 6) is 0.0308. The summed E-state index contributed by atoms with van der Waals surface area (Å²) < 4.78 is 16.5. The number of rotatable bonds is 9. The molecule has 7 nitrogen and oxygen atoms in total. The number of benzene rings is 4. The van der Waals surface area contributed by atoms with Crippen LogP contribution in [0, 0.1) is 0 Å². The summed E-state index contributed by atoms with van der Waals surface area (Å²) in [5, 5.41) is 4.57. The van der Waals surface area contributed by atoms with Crippen molar-refractivity contribution < 1.29 is 23.8 Å². The second kappa shape index (κ2) is 13.0. The molecule has 0 aliphatic carbocycles. The minimum atomic E-state index is -0.776. The largest absolute Gasteiger partial charge is 0.493 e. The summed E-state index contributed by atoms with van der Waals surface area (Å²) in [4.78, 5) is 24.9. The molecule has 0 radical (unpaired) electrons. The highest BCUT2D eigenvalue weighted by Crippen LogP contribution is 2.29. The van der Waals surface area contributed by atoms with Crippen LogP contribution in [0.4, 0.5) is 0 Å². The van der Waals surface area contributed by atoms with Crippen LogP contribution < -0.4 is 19.6 Å². The molecule has 0 spiro atoms. The van der Waals surface area contributed by atoms with Gasteiger partial charge in [-0.25, -0.2) is 10.2 Å². The van der Waals surface area contributed by atoms with Gasteiger partial charge in [-0.15, -0.1) is 0 Å². The van der Waals surface area contributed by atoms with Crippen LogP contribution in [0.1, 0.15) is 22.8 Å². The van der Waals surface area contributed by atoms with E-state index in [0.29, 0.717) is 22.1 Å². The smallest absolute Gasteiger partial charge is 0.343 e. The number of carbonyl (C=O) groups is 2. The maximum atomic E-state index is 12.5. The van der Waals surface area contributed by atoms with Crippen molar-refractivity contribution in [3.8, 4) is 28.4 Å². The Morgan fingerprint density at radius 1 is 0.846 bits per heavy atom. The molecule has 1 atom stereocenters. The molecule has 0 aliphatic rings. The summed E-state index contributed by atoms with van der Waals surface area (Å²) >= 11 is 11.9. The van der Waals surface area contributed by atoms with E-state index < -0.39 is 18.0 Å². The van der Waals surface area contributed by atoms with Crippen LogP contribution >= 0.6 is 23.2 Å². The number of nitrogens with zero attached hydrogens (tertiary/aromatic N) is 1. The lowest BCUT2D eigenvalue weighted by Crippen LogP contribution is -2.33. The highest BCUT2D eigenvalue weighted by Gasteiger charge is 2.16. The maximum absolute atomic E-state index is 12.5. The van der Waals surface area contributed by atoms with Crippen molar-refractivity contribution in [2.75, 3.05) is 7.11 Å². The fraction of sp³-hybridized carbons (Fsp3) is 0.100. The molecule has 1 amide bonds. The summed E-state index contributed by atoms with van der Waals surface area (Å²) in [6.45, 7) is 1.63. The van der Waals surface area contributed by atoms with E-state index in [1.807, 2.05) is 54.6 Å². The van der Waals surface area contributed by atoms with E-state index in [1.54, 1.807) is 25.1 Å². The number of halogens is 2. The lowest BCUT2D eigenvalue weighted by atomic mass is 10.1. The second-order valence-electron chi connectivity index (χ2n) is 8.31. The van der Waals surface area contributed by atoms with Gasteiger partial charge in [-0.3, -0.25) is 4.79 Å². The van der Waals surface area contributed by atoms with E-state index in [1.165, 1.54) is 31.5 Å². The Kier molecular flexibility index (Phi) is 9.20. The average Bonchev–Trinajstić information content (AvgIpc) is 2.95. The SMILES string of the molecule is COc1cc(/C=N\NC(=O)[C@@H](C)Oc2ccc(-c3ccccc3)cc2)ccc1OC(=O)c1ccc(Cl)c(Cl)c1. The third kappa shape index (κ3) is 7.37. The highest BCUT2D eigenvalue weighted by molar-refractivity contribution is 6.42. The number of hydrazone groups is 1. The van der Waals surface area contributed by atoms with Gasteiger partial charge in [0.15, 0.2) is 17.6 Å². The van der Waals surface area contributed by atoms with Gasteiger partial charge in [-0.2, -0.15) is 5.10 Å². The first kappa shape index (κ1) is 27.7. The van der Waals surface area contributed by atoms with E-state index in [-0.39, 0.29) is 16.3 Å². The first-order valence-corrected chi connectivity index (χ1v) is 12.6. The molecular formula is C30H24Cl2N2O5. The Morgan fingerprint density at radius 2 is 1.56 bits per heavy atom. The zero-order chi connectivity index (χ0) is 27.8. The number of amides is 1. The lowest BCUT2D eigenvalue weighted by Gasteiger charge is -2.13. The highest BCUT2D eigenvalue weighted by atomic mass is 35.5. The van der Waals surface area contributed by atoms with Crippen LogP contribution in [-0.2, 0) is 4.79 Å². The zero-order valence-corrected chi connectivity index (χ0v) is 22.6. The van der Waals surface area contributed by atoms with Gasteiger partial charge in [0.25, 0.3) is 5.91 Å². The predicted molar refractivity (Wildman–Crippen MR) is 152 cm³/mol. The number of carbonyl (C=O) groups excluding carboxylic acids is 2. The average molecular weight is 563 g/mol. The summed E-state index contributed by atoms with van der Waals surface area (Å²) in [6.07, 6.45) is 0.661. The molecule has 4 aromatic rings. The minimum absolute atomic E-state index is 0.204. The molecule has 0 heterocycles. The maximum Gasteiger partial charge on any atom is 0.343 e. The standard InChI is InChI=1S/C30H24Cl2N2O5/c1-19(38-24-12-9-22(10-13-24)21-6-4-3-5-7-21)29(35)34-33-18-20-8-15-27(28(16-20)37-2)39-30(36)23-11-14-25(31)26(32)17-23/h3-19H,1-2H3,(H,34,35)/b33-18-/t19-/m1/s1. The molecule has 0 aromatic heterocycles. The number of methoxy groups -OCH3 is 1. The van der Waals surface area contributed by atoms with Gasteiger partial charge in [0, 0.05) is 0 Å². The molecule has 198 valence electrons. The molecule has 9 heteroatoms. The molecule has 0 bridgehead atoms. The van der Waals surface area contributed by atoms with Gasteiger partial charge in [0.2, 0.25) is 0 Å². The Balaban J connectivity index is 1.32. The summed E-state index contributed by atoms with van der Waals surface area (Å²) in [7, 11) is 1.44. The van der Waals surface area contributed by atoms with Gasteiger partial charge in [0.1, 0.15) is 5.75 Å². The molecule has 1 N–H and O–H groups in total. The summed E-state index contributed by atoms with van der Waals surface area (Å²) in [6, 6.07) is 26.8. The minimum Gasteiger partial charge on any atom is -0.493 e. The third-order valence-corrected chi connectivity index (χ3v) is 6.32. The van der Waals surface area contributed by atoms with Crippen molar-refractivity contribution >= 4 is 41.3 Å². The van der Waals surface area contributed by atoms with Gasteiger partial charge in [-0.1, -0.05) is 65.7 Å². The number of hydrogen-bond acceptors (Lipinski definition) is 6. The van der Waals surface area contributed by atoms with Crippen LogP contribution in [0.5, 0.6) is 17.2 Å². The molecule has 0 unspecified atom stereocenters. The van der Waals surface area contributed by atoms with E-state index in [2.05, 4.69) is 10.5 Å². The van der Waals surface area contributed by atoms with E-state index in [9.17, 15) is 9.59 Å². The molecule has 0 saturated carbocycles. The van der Waals surface area contributed by atoms with Crippen LogP contribution in [0.15, 0.2) is 96.1 Å². The molecule has 0 aliphatic heterocycles. The normalized spacial score (nSPS) is 11.6. The first-order valence-electron chi connectivity index (χ1n) is 11.8. The Bertz CT molecular complexity index is 1490. The Labute approximate surface area is 235 Å². The van der Waals surface area contributed by atoms with E-state index >= 15 is 0 Å². The fourth-order valence-corrected chi connectivity index (χ4v) is 3.80. The topological polar surface area (TPSA) is 86.2 Å². The fourth-order valence-electron chi connectivity index (χ4n) is 3.51. The number of nitrogens with one attached hydrogen (secondary N) is 1. The van der Waals surface area contributed by atoms with Crippen LogP contribution in [-0.4, -0.2) is 31.3 Å². The van der Waals surface area contributed by atoms with Crippen molar-refractivity contribution in [3.05, 3.63) is 112 Å². The van der Waals surface area contributed by atoms with E-state index in [4.69, 9.17) is 37.4 Å². The zero-order valence-electron chi connectivity index (χ0n) is 21.1. The van der Waals surface area contributed by atoms with Gasteiger partial charge >= 0.3 is 5.97 Å². The molecule has 39 heavy (non-hydrogen) atoms. The van der Waals surface area contributed by atoms with Gasteiger partial charge in [0.05, 0.1) is 28.9 Å². The molecular weight excluding hydrogens is 539 g/mol. The van der Waals surface area contributed by atoms with Crippen molar-refractivity contribution in [2.45, 2.75) is 13.0 Å². The number of hydrogen-bond donors (Lipinski definition) is 1. The molecule has 0 saturated heterocycles. The van der Waals surface area contributed by atoms with Crippen molar-refractivity contribution in [1.82, 2.24) is 5.43 Å². The van der Waals surface area contributed by atoms with Gasteiger partial charge in [-0.05, 0) is 72.1 Å². The van der Waals surface area contributed by atoms with Crippen LogP contribution in [0.25, 0.3) is 11.1 Å². The first-order chi connectivity index (χ1) is 18.8. The third-order valence-electron chi connectivity index (χ3n) is 5.58. The monoisotopic (exact) mass is 562 g/mol. The molecule has 4 aromatic carbocycles. The van der Waals surface area contributed by atoms with Crippen LogP contribution in [0.3, 0.4) is 0 Å². The predicted octanol–water partition coefficient (Wildman–Crippen LogP) is 6.81.